The van der Waals surface area contributed by atoms with E-state index in [-0.39, 0.29) is 6.61 Å². The lowest BCUT2D eigenvalue weighted by molar-refractivity contribution is 0.293. The minimum absolute atomic E-state index is 0.270. The Morgan fingerprint density at radius 2 is 1.55 bits per heavy atom. The van der Waals surface area contributed by atoms with Gasteiger partial charge in [-0.2, -0.15) is 0 Å². The number of hydrogen-bond acceptors (Lipinski definition) is 4. The third kappa shape index (κ3) is 5.36. The Bertz CT molecular complexity index is 1160. The smallest absolute Gasteiger partial charge is 0.196 e. The van der Waals surface area contributed by atoms with Gasteiger partial charge in [0.05, 0.1) is 0 Å². The van der Waals surface area contributed by atoms with E-state index in [0.717, 1.165) is 17.0 Å². The molecule has 0 saturated heterocycles. The molecule has 0 N–H and O–H groups in total. The first-order chi connectivity index (χ1) is 15.0. The molecule has 0 fully saturated rings. The lowest BCUT2D eigenvalue weighted by Crippen LogP contribution is -2.06. The summed E-state index contributed by atoms with van der Waals surface area (Å²) in [6.45, 7) is 2.31. The summed E-state index contributed by atoms with van der Waals surface area (Å²) in [5, 5.41) is 11.4. The molecule has 0 aliphatic carbocycles. The van der Waals surface area contributed by atoms with E-state index in [1.807, 2.05) is 78.2 Å². The third-order valence-corrected chi connectivity index (χ3v) is 6.50. The fraction of sp³-hybridized carbons (Fsp3) is 0.130. The van der Waals surface area contributed by atoms with E-state index in [9.17, 15) is 0 Å². The number of halogens is 3. The van der Waals surface area contributed by atoms with E-state index in [1.54, 1.807) is 0 Å². The number of rotatable bonds is 7. The van der Waals surface area contributed by atoms with E-state index < -0.39 is 0 Å². The molecule has 0 saturated carbocycles. The Balaban J connectivity index is 1.61. The molecule has 0 atom stereocenters. The second-order valence-corrected chi connectivity index (χ2v) is 8.99. The molecule has 0 radical (unpaired) electrons. The van der Waals surface area contributed by atoms with Crippen LogP contribution in [-0.2, 0) is 12.4 Å². The van der Waals surface area contributed by atoms with E-state index in [4.69, 9.17) is 39.5 Å². The molecule has 1 heterocycles. The van der Waals surface area contributed by atoms with Crippen LogP contribution in [0.4, 0.5) is 0 Å². The van der Waals surface area contributed by atoms with E-state index in [0.29, 0.717) is 31.8 Å². The van der Waals surface area contributed by atoms with Gasteiger partial charge in [0.2, 0.25) is 0 Å². The first kappa shape index (κ1) is 22.0. The van der Waals surface area contributed by atoms with Crippen molar-refractivity contribution in [2.75, 3.05) is 0 Å². The monoisotopic (exact) mass is 489 g/mol. The SMILES string of the molecule is Cc1ccc(OCc2nnc(SCc3c(Cl)cccc3Cl)n2-c2ccc(Cl)cc2)cc1. The minimum atomic E-state index is 0.270. The molecule has 4 nitrogen and oxygen atoms in total. The summed E-state index contributed by atoms with van der Waals surface area (Å²) in [5.41, 5.74) is 2.93. The van der Waals surface area contributed by atoms with Crippen LogP contribution in [0.2, 0.25) is 15.1 Å². The van der Waals surface area contributed by atoms with E-state index in [2.05, 4.69) is 10.2 Å². The van der Waals surface area contributed by atoms with Crippen molar-refractivity contribution >= 4 is 46.6 Å². The Morgan fingerprint density at radius 3 is 2.23 bits per heavy atom. The molecule has 158 valence electrons. The molecule has 4 rings (SSSR count). The zero-order valence-electron chi connectivity index (χ0n) is 16.6. The molecular weight excluding hydrogens is 473 g/mol. The number of hydrogen-bond donors (Lipinski definition) is 0. The normalized spacial score (nSPS) is 11.0. The second kappa shape index (κ2) is 9.96. The van der Waals surface area contributed by atoms with Gasteiger partial charge in [-0.05, 0) is 61.0 Å². The molecule has 4 aromatic rings. The van der Waals surface area contributed by atoms with Gasteiger partial charge in [-0.15, -0.1) is 10.2 Å². The van der Waals surface area contributed by atoms with Gasteiger partial charge in [0.15, 0.2) is 11.0 Å². The summed E-state index contributed by atoms with van der Waals surface area (Å²) in [4.78, 5) is 0. The Hall–Kier alpha value is -2.18. The molecule has 0 aliphatic rings. The highest BCUT2D eigenvalue weighted by Gasteiger charge is 2.17. The van der Waals surface area contributed by atoms with Gasteiger partial charge < -0.3 is 4.74 Å². The summed E-state index contributed by atoms with van der Waals surface area (Å²) < 4.78 is 7.90. The standard InChI is InChI=1S/C23H18Cl3N3OS/c1-15-5-11-18(12-6-15)30-13-22-27-28-23(29(22)17-9-7-16(24)8-10-17)31-14-19-20(25)3-2-4-21(19)26/h2-12H,13-14H2,1H3. The number of nitrogens with zero attached hydrogens (tertiary/aromatic N) is 3. The molecule has 1 aromatic heterocycles. The van der Waals surface area contributed by atoms with Crippen molar-refractivity contribution in [1.29, 1.82) is 0 Å². The molecule has 0 unspecified atom stereocenters. The van der Waals surface area contributed by atoms with Crippen molar-refractivity contribution in [2.45, 2.75) is 24.4 Å². The summed E-state index contributed by atoms with van der Waals surface area (Å²) in [6, 6.07) is 20.9. The maximum Gasteiger partial charge on any atom is 0.196 e. The molecule has 31 heavy (non-hydrogen) atoms. The molecule has 0 aliphatic heterocycles. The summed E-state index contributed by atoms with van der Waals surface area (Å²) in [7, 11) is 0. The molecular formula is C23H18Cl3N3OS. The van der Waals surface area contributed by atoms with Crippen LogP contribution in [0.3, 0.4) is 0 Å². The zero-order chi connectivity index (χ0) is 21.8. The fourth-order valence-corrected chi connectivity index (χ4v) is 4.76. The van der Waals surface area contributed by atoms with Gasteiger partial charge in [-0.3, -0.25) is 4.57 Å². The predicted molar refractivity (Wildman–Crippen MR) is 128 cm³/mol. The van der Waals surface area contributed by atoms with Crippen LogP contribution < -0.4 is 4.74 Å². The maximum atomic E-state index is 6.33. The molecule has 8 heteroatoms. The van der Waals surface area contributed by atoms with Gasteiger partial charge in [0.1, 0.15) is 12.4 Å². The lowest BCUT2D eigenvalue weighted by Gasteiger charge is -2.12. The molecule has 0 amide bonds. The second-order valence-electron chi connectivity index (χ2n) is 6.80. The minimum Gasteiger partial charge on any atom is -0.486 e. The zero-order valence-corrected chi connectivity index (χ0v) is 19.6. The Morgan fingerprint density at radius 1 is 0.871 bits per heavy atom. The summed E-state index contributed by atoms with van der Waals surface area (Å²) in [5.74, 6) is 2.01. The van der Waals surface area contributed by atoms with Crippen molar-refractivity contribution in [3.05, 3.63) is 98.7 Å². The third-order valence-electron chi connectivity index (χ3n) is 4.58. The van der Waals surface area contributed by atoms with Crippen LogP contribution in [-0.4, -0.2) is 14.8 Å². The Kier molecular flexibility index (Phi) is 7.08. The fourth-order valence-electron chi connectivity index (χ4n) is 2.93. The molecule has 0 bridgehead atoms. The first-order valence-electron chi connectivity index (χ1n) is 9.46. The average molecular weight is 491 g/mol. The predicted octanol–water partition coefficient (Wildman–Crippen LogP) is 7.41. The van der Waals surface area contributed by atoms with E-state index in [1.165, 1.54) is 17.3 Å². The average Bonchev–Trinajstić information content (AvgIpc) is 3.16. The topological polar surface area (TPSA) is 39.9 Å². The largest absolute Gasteiger partial charge is 0.486 e. The molecule has 0 spiro atoms. The van der Waals surface area contributed by atoms with Gasteiger partial charge in [0.25, 0.3) is 0 Å². The van der Waals surface area contributed by atoms with Crippen LogP contribution >= 0.6 is 46.6 Å². The van der Waals surface area contributed by atoms with Crippen molar-refractivity contribution in [1.82, 2.24) is 14.8 Å². The highest BCUT2D eigenvalue weighted by atomic mass is 35.5. The molecule has 3 aromatic carbocycles. The van der Waals surface area contributed by atoms with Crippen LogP contribution in [0.15, 0.2) is 71.9 Å². The lowest BCUT2D eigenvalue weighted by atomic mass is 10.2. The van der Waals surface area contributed by atoms with Crippen LogP contribution in [0.1, 0.15) is 17.0 Å². The van der Waals surface area contributed by atoms with Crippen LogP contribution in [0, 0.1) is 6.92 Å². The van der Waals surface area contributed by atoms with Crippen molar-refractivity contribution in [2.24, 2.45) is 0 Å². The van der Waals surface area contributed by atoms with Crippen LogP contribution in [0.5, 0.6) is 5.75 Å². The van der Waals surface area contributed by atoms with Gasteiger partial charge in [-0.1, -0.05) is 70.3 Å². The van der Waals surface area contributed by atoms with Gasteiger partial charge in [0, 0.05) is 26.5 Å². The Labute approximate surface area is 200 Å². The number of benzene rings is 3. The number of ether oxygens (including phenoxy) is 1. The number of aromatic nitrogens is 3. The highest BCUT2D eigenvalue weighted by molar-refractivity contribution is 7.98. The van der Waals surface area contributed by atoms with Crippen molar-refractivity contribution in [3.8, 4) is 11.4 Å². The quantitative estimate of drug-likeness (QED) is 0.253. The maximum absolute atomic E-state index is 6.33. The number of thioether (sulfide) groups is 1. The van der Waals surface area contributed by atoms with Crippen molar-refractivity contribution in [3.63, 3.8) is 0 Å². The van der Waals surface area contributed by atoms with E-state index >= 15 is 0 Å². The number of aryl methyl sites for hydroxylation is 1. The van der Waals surface area contributed by atoms with Crippen molar-refractivity contribution < 1.29 is 4.74 Å². The summed E-state index contributed by atoms with van der Waals surface area (Å²) in [6.07, 6.45) is 0. The first-order valence-corrected chi connectivity index (χ1v) is 11.6. The van der Waals surface area contributed by atoms with Gasteiger partial charge in [-0.25, -0.2) is 0 Å². The van der Waals surface area contributed by atoms with Gasteiger partial charge >= 0.3 is 0 Å². The highest BCUT2D eigenvalue weighted by Crippen LogP contribution is 2.32. The van der Waals surface area contributed by atoms with Crippen LogP contribution in [0.25, 0.3) is 5.69 Å². The summed E-state index contributed by atoms with van der Waals surface area (Å²) >= 11 is 20.2.